The molecule has 4 heteroatoms. The quantitative estimate of drug-likeness (QED) is 0.895. The third-order valence-electron chi connectivity index (χ3n) is 3.84. The molecule has 2 unspecified atom stereocenters. The van der Waals surface area contributed by atoms with Crippen LogP contribution in [0.1, 0.15) is 23.6 Å². The van der Waals surface area contributed by atoms with Crippen LogP contribution in [0.15, 0.2) is 12.1 Å². The summed E-state index contributed by atoms with van der Waals surface area (Å²) in [6.07, 6.45) is 0.964. The van der Waals surface area contributed by atoms with Crippen LogP contribution in [-0.2, 0) is 0 Å². The van der Waals surface area contributed by atoms with Crippen molar-refractivity contribution in [1.29, 1.82) is 0 Å². The molecule has 1 aromatic rings. The third kappa shape index (κ3) is 2.35. The zero-order valence-electron chi connectivity index (χ0n) is 11.2. The van der Waals surface area contributed by atoms with Gasteiger partial charge in [-0.2, -0.15) is 0 Å². The third-order valence-corrected chi connectivity index (χ3v) is 3.84. The van der Waals surface area contributed by atoms with Crippen molar-refractivity contribution in [3.05, 3.63) is 29.1 Å². The molecule has 1 heterocycles. The predicted molar refractivity (Wildman–Crippen MR) is 70.2 cm³/mol. The lowest BCUT2D eigenvalue weighted by Gasteiger charge is -2.22. The first-order chi connectivity index (χ1) is 8.56. The Labute approximate surface area is 108 Å². The summed E-state index contributed by atoms with van der Waals surface area (Å²) >= 11 is 0. The van der Waals surface area contributed by atoms with Crippen molar-refractivity contribution < 1.29 is 9.13 Å². The Kier molecular flexibility index (Phi) is 3.88. The molecule has 1 aromatic carbocycles. The molecule has 0 amide bonds. The summed E-state index contributed by atoms with van der Waals surface area (Å²) in [5.74, 6) is 1.08. The average molecular weight is 252 g/mol. The minimum Gasteiger partial charge on any atom is -0.496 e. The smallest absolute Gasteiger partial charge is 0.126 e. The van der Waals surface area contributed by atoms with Crippen LogP contribution in [0.4, 0.5) is 4.39 Å². The molecule has 0 bridgehead atoms. The van der Waals surface area contributed by atoms with Gasteiger partial charge in [-0.3, -0.25) is 4.90 Å². The van der Waals surface area contributed by atoms with Gasteiger partial charge in [-0.05, 0) is 50.6 Å². The van der Waals surface area contributed by atoms with Gasteiger partial charge in [0.25, 0.3) is 0 Å². The lowest BCUT2D eigenvalue weighted by atomic mass is 9.98. The van der Waals surface area contributed by atoms with Crippen LogP contribution in [0.3, 0.4) is 0 Å². The van der Waals surface area contributed by atoms with Gasteiger partial charge in [-0.1, -0.05) is 0 Å². The van der Waals surface area contributed by atoms with E-state index in [1.807, 2.05) is 0 Å². The highest BCUT2D eigenvalue weighted by molar-refractivity contribution is 5.40. The van der Waals surface area contributed by atoms with E-state index in [-0.39, 0.29) is 11.9 Å². The number of aryl methyl sites for hydroxylation is 1. The number of halogens is 1. The zero-order chi connectivity index (χ0) is 13.3. The predicted octanol–water partition coefficient (Wildman–Crippen LogP) is 2.09. The lowest BCUT2D eigenvalue weighted by molar-refractivity contribution is 0.302. The Balaban J connectivity index is 2.35. The van der Waals surface area contributed by atoms with Crippen LogP contribution in [0, 0.1) is 18.7 Å². The van der Waals surface area contributed by atoms with Gasteiger partial charge in [-0.15, -0.1) is 0 Å². The molecule has 1 fully saturated rings. The highest BCUT2D eigenvalue weighted by Gasteiger charge is 2.32. The minimum absolute atomic E-state index is 0.171. The number of methoxy groups -OCH3 is 1. The molecule has 0 aliphatic carbocycles. The SMILES string of the molecule is COc1cc(C)c(F)cc1C1CC(CN)CN1C. The van der Waals surface area contributed by atoms with Crippen LogP contribution in [-0.4, -0.2) is 32.1 Å². The summed E-state index contributed by atoms with van der Waals surface area (Å²) in [5.41, 5.74) is 7.28. The molecule has 3 nitrogen and oxygen atoms in total. The normalized spacial score (nSPS) is 24.5. The van der Waals surface area contributed by atoms with Crippen molar-refractivity contribution in [2.45, 2.75) is 19.4 Å². The summed E-state index contributed by atoms with van der Waals surface area (Å²) in [7, 11) is 3.68. The second-order valence-electron chi connectivity index (χ2n) is 5.14. The summed E-state index contributed by atoms with van der Waals surface area (Å²) in [6, 6.07) is 3.58. The van der Waals surface area contributed by atoms with Gasteiger partial charge in [0, 0.05) is 18.2 Å². The Morgan fingerprint density at radius 2 is 2.22 bits per heavy atom. The van der Waals surface area contributed by atoms with Crippen molar-refractivity contribution in [2.75, 3.05) is 27.2 Å². The first-order valence-corrected chi connectivity index (χ1v) is 6.31. The maximum atomic E-state index is 13.8. The molecule has 0 radical (unpaired) electrons. The Morgan fingerprint density at radius 3 is 2.78 bits per heavy atom. The van der Waals surface area contributed by atoms with E-state index in [1.165, 1.54) is 0 Å². The average Bonchev–Trinajstić information content (AvgIpc) is 2.73. The molecule has 0 aromatic heterocycles. The molecular formula is C14H21FN2O. The first kappa shape index (κ1) is 13.3. The van der Waals surface area contributed by atoms with Crippen LogP contribution < -0.4 is 10.5 Å². The van der Waals surface area contributed by atoms with Crippen molar-refractivity contribution in [3.63, 3.8) is 0 Å². The number of ether oxygens (including phenoxy) is 1. The highest BCUT2D eigenvalue weighted by atomic mass is 19.1. The molecule has 18 heavy (non-hydrogen) atoms. The molecule has 100 valence electrons. The van der Waals surface area contributed by atoms with Gasteiger partial charge in [0.2, 0.25) is 0 Å². The van der Waals surface area contributed by atoms with E-state index in [2.05, 4.69) is 11.9 Å². The van der Waals surface area contributed by atoms with Crippen molar-refractivity contribution >= 4 is 0 Å². The second-order valence-corrected chi connectivity index (χ2v) is 5.14. The molecule has 0 spiro atoms. The zero-order valence-corrected chi connectivity index (χ0v) is 11.2. The Morgan fingerprint density at radius 1 is 1.50 bits per heavy atom. The number of hydrogen-bond donors (Lipinski definition) is 1. The minimum atomic E-state index is -0.171. The molecular weight excluding hydrogens is 231 g/mol. The Bertz CT molecular complexity index is 436. The number of nitrogens with zero attached hydrogens (tertiary/aromatic N) is 1. The van der Waals surface area contributed by atoms with E-state index in [4.69, 9.17) is 10.5 Å². The van der Waals surface area contributed by atoms with Gasteiger partial charge in [0.15, 0.2) is 0 Å². The molecule has 2 N–H and O–H groups in total. The van der Waals surface area contributed by atoms with Crippen molar-refractivity contribution in [1.82, 2.24) is 4.90 Å². The summed E-state index contributed by atoms with van der Waals surface area (Å²) in [4.78, 5) is 2.23. The monoisotopic (exact) mass is 252 g/mol. The maximum absolute atomic E-state index is 13.8. The lowest BCUT2D eigenvalue weighted by Crippen LogP contribution is -2.21. The largest absolute Gasteiger partial charge is 0.496 e. The molecule has 1 aliphatic rings. The number of nitrogens with two attached hydrogens (primary N) is 1. The number of benzene rings is 1. The fraction of sp³-hybridized carbons (Fsp3) is 0.571. The second kappa shape index (κ2) is 5.24. The molecule has 2 atom stereocenters. The van der Waals surface area contributed by atoms with Gasteiger partial charge in [0.05, 0.1) is 7.11 Å². The number of likely N-dealkylation sites (tertiary alicyclic amines) is 1. The Hall–Kier alpha value is -1.13. The molecule has 0 saturated carbocycles. The summed E-state index contributed by atoms with van der Waals surface area (Å²) in [5, 5.41) is 0. The standard InChI is InChI=1S/C14H21FN2O/c1-9-4-14(18-3)11(6-12(9)15)13-5-10(7-16)8-17(13)2/h4,6,10,13H,5,7-8,16H2,1-3H3. The summed E-state index contributed by atoms with van der Waals surface area (Å²) in [6.45, 7) is 3.39. The summed E-state index contributed by atoms with van der Waals surface area (Å²) < 4.78 is 19.1. The molecule has 1 aliphatic heterocycles. The van der Waals surface area contributed by atoms with Gasteiger partial charge < -0.3 is 10.5 Å². The maximum Gasteiger partial charge on any atom is 0.126 e. The number of rotatable bonds is 3. The van der Waals surface area contributed by atoms with Crippen molar-refractivity contribution in [2.24, 2.45) is 11.7 Å². The van der Waals surface area contributed by atoms with E-state index in [0.29, 0.717) is 18.0 Å². The first-order valence-electron chi connectivity index (χ1n) is 6.31. The number of hydrogen-bond acceptors (Lipinski definition) is 3. The van der Waals surface area contributed by atoms with E-state index in [0.717, 1.165) is 24.3 Å². The van der Waals surface area contributed by atoms with E-state index >= 15 is 0 Å². The molecule has 1 saturated heterocycles. The fourth-order valence-electron chi connectivity index (χ4n) is 2.75. The van der Waals surface area contributed by atoms with Crippen LogP contribution in [0.2, 0.25) is 0 Å². The van der Waals surface area contributed by atoms with Gasteiger partial charge in [-0.25, -0.2) is 4.39 Å². The van der Waals surface area contributed by atoms with Crippen LogP contribution in [0.25, 0.3) is 0 Å². The van der Waals surface area contributed by atoms with Crippen LogP contribution >= 0.6 is 0 Å². The highest BCUT2D eigenvalue weighted by Crippen LogP contribution is 2.39. The topological polar surface area (TPSA) is 38.5 Å². The van der Waals surface area contributed by atoms with Gasteiger partial charge in [0.1, 0.15) is 11.6 Å². The van der Waals surface area contributed by atoms with Crippen molar-refractivity contribution in [3.8, 4) is 5.75 Å². The fourth-order valence-corrected chi connectivity index (χ4v) is 2.75. The van der Waals surface area contributed by atoms with E-state index < -0.39 is 0 Å². The van der Waals surface area contributed by atoms with E-state index in [9.17, 15) is 4.39 Å². The molecule has 2 rings (SSSR count). The van der Waals surface area contributed by atoms with Gasteiger partial charge >= 0.3 is 0 Å². The van der Waals surface area contributed by atoms with Crippen LogP contribution in [0.5, 0.6) is 5.75 Å². The van der Waals surface area contributed by atoms with E-state index in [1.54, 1.807) is 26.2 Å².